The SMILES string of the molecule is C=C(CC(=O)OCC(C)OC)C(=O)OCC(C)OC. The molecule has 0 amide bonds. The number of ether oxygens (including phenoxy) is 4. The van der Waals surface area contributed by atoms with Crippen LogP contribution in [0.15, 0.2) is 12.2 Å². The second-order valence-electron chi connectivity index (χ2n) is 4.15. The van der Waals surface area contributed by atoms with Crippen LogP contribution in [0.3, 0.4) is 0 Å². The Balaban J connectivity index is 3.95. The predicted octanol–water partition coefficient (Wildman–Crippen LogP) is 1.09. The van der Waals surface area contributed by atoms with Gasteiger partial charge in [0.1, 0.15) is 13.2 Å². The quantitative estimate of drug-likeness (QED) is 0.463. The van der Waals surface area contributed by atoms with Crippen LogP contribution in [0.4, 0.5) is 0 Å². The topological polar surface area (TPSA) is 71.1 Å². The van der Waals surface area contributed by atoms with Crippen LogP contribution in [0.25, 0.3) is 0 Å². The number of carbonyl (C=O) groups is 2. The van der Waals surface area contributed by atoms with Gasteiger partial charge in [0.05, 0.1) is 18.6 Å². The molecule has 0 N–H and O–H groups in total. The van der Waals surface area contributed by atoms with Gasteiger partial charge in [0, 0.05) is 19.8 Å². The van der Waals surface area contributed by atoms with E-state index in [2.05, 4.69) is 6.58 Å². The summed E-state index contributed by atoms with van der Waals surface area (Å²) < 4.78 is 19.7. The number of esters is 2. The van der Waals surface area contributed by atoms with Gasteiger partial charge < -0.3 is 18.9 Å². The molecule has 0 bridgehead atoms. The molecular weight excluding hydrogens is 252 g/mol. The minimum Gasteiger partial charge on any atom is -0.463 e. The summed E-state index contributed by atoms with van der Waals surface area (Å²) in [6.07, 6.45) is -0.589. The summed E-state index contributed by atoms with van der Waals surface area (Å²) >= 11 is 0. The van der Waals surface area contributed by atoms with Gasteiger partial charge >= 0.3 is 11.9 Å². The Morgan fingerprint density at radius 1 is 1.00 bits per heavy atom. The maximum absolute atomic E-state index is 11.5. The van der Waals surface area contributed by atoms with Gasteiger partial charge in [-0.25, -0.2) is 4.79 Å². The van der Waals surface area contributed by atoms with Crippen molar-refractivity contribution in [3.63, 3.8) is 0 Å². The zero-order valence-corrected chi connectivity index (χ0v) is 11.9. The molecule has 2 unspecified atom stereocenters. The first kappa shape index (κ1) is 17.6. The van der Waals surface area contributed by atoms with Gasteiger partial charge in [-0.2, -0.15) is 0 Å². The largest absolute Gasteiger partial charge is 0.463 e. The van der Waals surface area contributed by atoms with Crippen LogP contribution in [-0.2, 0) is 28.5 Å². The van der Waals surface area contributed by atoms with Crippen LogP contribution in [0.2, 0.25) is 0 Å². The molecule has 0 radical (unpaired) electrons. The Kier molecular flexibility index (Phi) is 8.82. The maximum Gasteiger partial charge on any atom is 0.334 e. The minimum atomic E-state index is -0.624. The summed E-state index contributed by atoms with van der Waals surface area (Å²) in [6.45, 7) is 7.28. The number of carbonyl (C=O) groups excluding carboxylic acids is 2. The van der Waals surface area contributed by atoms with E-state index in [4.69, 9.17) is 18.9 Å². The van der Waals surface area contributed by atoms with E-state index in [-0.39, 0.29) is 37.4 Å². The highest BCUT2D eigenvalue weighted by molar-refractivity contribution is 5.93. The van der Waals surface area contributed by atoms with E-state index in [1.807, 2.05) is 0 Å². The Labute approximate surface area is 113 Å². The van der Waals surface area contributed by atoms with Crippen LogP contribution in [0.5, 0.6) is 0 Å². The molecule has 0 aliphatic carbocycles. The van der Waals surface area contributed by atoms with Crippen molar-refractivity contribution in [3.05, 3.63) is 12.2 Å². The third-order valence-electron chi connectivity index (χ3n) is 2.38. The molecule has 6 nitrogen and oxygen atoms in total. The van der Waals surface area contributed by atoms with Crippen LogP contribution < -0.4 is 0 Å². The lowest BCUT2D eigenvalue weighted by Crippen LogP contribution is -2.21. The fourth-order valence-corrected chi connectivity index (χ4v) is 0.939. The number of hydrogen-bond donors (Lipinski definition) is 0. The molecule has 6 heteroatoms. The fourth-order valence-electron chi connectivity index (χ4n) is 0.939. The van der Waals surface area contributed by atoms with Crippen molar-refractivity contribution >= 4 is 11.9 Å². The summed E-state index contributed by atoms with van der Waals surface area (Å²) in [5, 5.41) is 0. The molecule has 0 fully saturated rings. The molecule has 0 aliphatic heterocycles. The lowest BCUT2D eigenvalue weighted by atomic mass is 10.2. The standard InChI is InChI=1S/C13H22O6/c1-9(13(15)19-8-11(3)17-5)6-12(14)18-7-10(2)16-4/h10-11H,1,6-8H2,2-5H3. The Morgan fingerprint density at radius 3 is 1.95 bits per heavy atom. The van der Waals surface area contributed by atoms with Crippen molar-refractivity contribution in [2.24, 2.45) is 0 Å². The van der Waals surface area contributed by atoms with Crippen molar-refractivity contribution in [2.45, 2.75) is 32.5 Å². The van der Waals surface area contributed by atoms with Gasteiger partial charge in [0.25, 0.3) is 0 Å². The first-order valence-corrected chi connectivity index (χ1v) is 5.96. The van der Waals surface area contributed by atoms with Crippen molar-refractivity contribution in [1.82, 2.24) is 0 Å². The number of methoxy groups -OCH3 is 2. The van der Waals surface area contributed by atoms with Crippen LogP contribution in [0.1, 0.15) is 20.3 Å². The van der Waals surface area contributed by atoms with Crippen LogP contribution in [0, 0.1) is 0 Å². The average molecular weight is 274 g/mol. The number of hydrogen-bond acceptors (Lipinski definition) is 6. The fraction of sp³-hybridized carbons (Fsp3) is 0.692. The van der Waals surface area contributed by atoms with E-state index in [1.54, 1.807) is 13.8 Å². The summed E-state index contributed by atoms with van der Waals surface area (Å²) in [5.41, 5.74) is 0.0540. The minimum absolute atomic E-state index is 0.0540. The number of rotatable bonds is 9. The predicted molar refractivity (Wildman–Crippen MR) is 68.6 cm³/mol. The lowest BCUT2D eigenvalue weighted by molar-refractivity contribution is -0.149. The Morgan fingerprint density at radius 2 is 1.47 bits per heavy atom. The van der Waals surface area contributed by atoms with E-state index in [9.17, 15) is 9.59 Å². The second-order valence-corrected chi connectivity index (χ2v) is 4.15. The average Bonchev–Trinajstić information content (AvgIpc) is 2.41. The molecule has 0 aromatic carbocycles. The molecule has 0 saturated carbocycles. The molecule has 0 heterocycles. The molecule has 2 atom stereocenters. The molecule has 0 saturated heterocycles. The molecule has 110 valence electrons. The van der Waals surface area contributed by atoms with E-state index in [1.165, 1.54) is 14.2 Å². The van der Waals surface area contributed by atoms with Gasteiger partial charge in [-0.3, -0.25) is 4.79 Å². The molecule has 0 spiro atoms. The van der Waals surface area contributed by atoms with Gasteiger partial charge in [0.2, 0.25) is 0 Å². The van der Waals surface area contributed by atoms with E-state index >= 15 is 0 Å². The molecule has 0 aliphatic rings. The monoisotopic (exact) mass is 274 g/mol. The van der Waals surface area contributed by atoms with Crippen LogP contribution in [-0.4, -0.2) is 51.6 Å². The highest BCUT2D eigenvalue weighted by atomic mass is 16.6. The van der Waals surface area contributed by atoms with E-state index < -0.39 is 11.9 Å². The summed E-state index contributed by atoms with van der Waals surface area (Å²) in [7, 11) is 3.04. The van der Waals surface area contributed by atoms with Gasteiger partial charge in [0.15, 0.2) is 0 Å². The summed E-state index contributed by atoms with van der Waals surface area (Å²) in [5.74, 6) is -1.16. The zero-order chi connectivity index (χ0) is 14.8. The normalized spacial score (nSPS) is 13.5. The van der Waals surface area contributed by atoms with Crippen molar-refractivity contribution in [3.8, 4) is 0 Å². The zero-order valence-electron chi connectivity index (χ0n) is 11.9. The molecule has 0 aromatic heterocycles. The van der Waals surface area contributed by atoms with Gasteiger partial charge in [-0.15, -0.1) is 0 Å². The van der Waals surface area contributed by atoms with E-state index in [0.717, 1.165) is 0 Å². The third kappa shape index (κ3) is 8.34. The first-order chi connectivity index (χ1) is 8.90. The summed E-state index contributed by atoms with van der Waals surface area (Å²) in [6, 6.07) is 0. The highest BCUT2D eigenvalue weighted by Gasteiger charge is 2.16. The molecular formula is C13H22O6. The van der Waals surface area contributed by atoms with Gasteiger partial charge in [-0.05, 0) is 13.8 Å². The summed E-state index contributed by atoms with van der Waals surface area (Å²) in [4.78, 5) is 22.9. The molecule has 0 aromatic rings. The van der Waals surface area contributed by atoms with Crippen molar-refractivity contribution in [1.29, 1.82) is 0 Å². The second kappa shape index (κ2) is 9.52. The van der Waals surface area contributed by atoms with E-state index in [0.29, 0.717) is 0 Å². The van der Waals surface area contributed by atoms with Crippen molar-refractivity contribution in [2.75, 3.05) is 27.4 Å². The Hall–Kier alpha value is -1.40. The van der Waals surface area contributed by atoms with Gasteiger partial charge in [-0.1, -0.05) is 6.58 Å². The lowest BCUT2D eigenvalue weighted by Gasteiger charge is -2.12. The van der Waals surface area contributed by atoms with Crippen molar-refractivity contribution < 1.29 is 28.5 Å². The smallest absolute Gasteiger partial charge is 0.334 e. The maximum atomic E-state index is 11.5. The highest BCUT2D eigenvalue weighted by Crippen LogP contribution is 2.05. The van der Waals surface area contributed by atoms with Crippen LogP contribution >= 0.6 is 0 Å². The molecule has 19 heavy (non-hydrogen) atoms. The Bertz CT molecular complexity index is 312. The first-order valence-electron chi connectivity index (χ1n) is 5.96. The molecule has 0 rings (SSSR count). The third-order valence-corrected chi connectivity index (χ3v) is 2.38.